The minimum atomic E-state index is -0.292. The van der Waals surface area contributed by atoms with Crippen molar-refractivity contribution in [3.05, 3.63) is 54.7 Å². The van der Waals surface area contributed by atoms with Gasteiger partial charge in [0, 0.05) is 34.6 Å². The van der Waals surface area contributed by atoms with Crippen LogP contribution in [-0.4, -0.2) is 43.2 Å². The Bertz CT molecular complexity index is 1020. The van der Waals surface area contributed by atoms with Crippen molar-refractivity contribution in [2.45, 2.75) is 25.3 Å². The SMILES string of the molecule is C=CC(=O)N1C[C@H](c2cc3cc(-c4ccccc4O)nnc3[nH]2)C1(C)C. The summed E-state index contributed by atoms with van der Waals surface area (Å²) in [6, 6.07) is 11.0. The predicted octanol–water partition coefficient (Wildman–Crippen LogP) is 3.22. The maximum atomic E-state index is 11.9. The number of aromatic hydroxyl groups is 1. The van der Waals surface area contributed by atoms with Gasteiger partial charge in [0.05, 0.1) is 5.69 Å². The lowest BCUT2D eigenvalue weighted by Gasteiger charge is -2.54. The van der Waals surface area contributed by atoms with Gasteiger partial charge >= 0.3 is 0 Å². The molecule has 132 valence electrons. The van der Waals surface area contributed by atoms with Crippen LogP contribution in [0.25, 0.3) is 22.3 Å². The number of phenolic OH excluding ortho intramolecular Hbond substituents is 1. The summed E-state index contributed by atoms with van der Waals surface area (Å²) in [5, 5.41) is 19.4. The first-order valence-corrected chi connectivity index (χ1v) is 8.50. The van der Waals surface area contributed by atoms with E-state index >= 15 is 0 Å². The molecule has 1 atom stereocenters. The third-order valence-electron chi connectivity index (χ3n) is 5.31. The van der Waals surface area contributed by atoms with Crippen molar-refractivity contribution < 1.29 is 9.90 Å². The number of aromatic amines is 1. The summed E-state index contributed by atoms with van der Waals surface area (Å²) in [6.07, 6.45) is 1.35. The Hall–Kier alpha value is -3.15. The fraction of sp³-hybridized carbons (Fsp3) is 0.250. The molecule has 2 N–H and O–H groups in total. The molecular weight excluding hydrogens is 328 g/mol. The van der Waals surface area contributed by atoms with E-state index in [-0.39, 0.29) is 23.1 Å². The zero-order valence-corrected chi connectivity index (χ0v) is 14.7. The number of para-hydroxylation sites is 1. The largest absolute Gasteiger partial charge is 0.507 e. The van der Waals surface area contributed by atoms with E-state index in [0.717, 1.165) is 11.1 Å². The number of benzene rings is 1. The van der Waals surface area contributed by atoms with Crippen LogP contribution in [0.4, 0.5) is 0 Å². The Labute approximate surface area is 151 Å². The second-order valence-corrected chi connectivity index (χ2v) is 7.13. The summed E-state index contributed by atoms with van der Waals surface area (Å²) in [4.78, 5) is 17.1. The molecule has 1 aliphatic rings. The number of nitrogens with one attached hydrogen (secondary N) is 1. The lowest BCUT2D eigenvalue weighted by Crippen LogP contribution is -2.63. The lowest BCUT2D eigenvalue weighted by molar-refractivity contribution is -0.141. The van der Waals surface area contributed by atoms with Crippen molar-refractivity contribution in [1.82, 2.24) is 20.1 Å². The number of H-pyrrole nitrogens is 1. The van der Waals surface area contributed by atoms with E-state index < -0.39 is 0 Å². The molecule has 0 radical (unpaired) electrons. The highest BCUT2D eigenvalue weighted by Gasteiger charge is 2.49. The predicted molar refractivity (Wildman–Crippen MR) is 99.7 cm³/mol. The molecule has 3 heterocycles. The third kappa shape index (κ3) is 2.37. The maximum Gasteiger partial charge on any atom is 0.246 e. The number of aromatic nitrogens is 3. The molecule has 0 unspecified atom stereocenters. The highest BCUT2D eigenvalue weighted by Crippen LogP contribution is 2.43. The summed E-state index contributed by atoms with van der Waals surface area (Å²) >= 11 is 0. The Morgan fingerprint density at radius 1 is 1.35 bits per heavy atom. The van der Waals surface area contributed by atoms with Gasteiger partial charge in [0.15, 0.2) is 5.65 Å². The average Bonchev–Trinajstić information content (AvgIpc) is 3.03. The standard InChI is InChI=1S/C20H20N4O2/c1-4-18(26)24-11-14(20(24,2)3)16-10-12-9-15(22-23-19(12)21-16)13-7-5-6-8-17(13)25/h4-10,14,25H,1,11H2,2-3H3,(H,21,23)/t14-/m1/s1. The summed E-state index contributed by atoms with van der Waals surface area (Å²) in [6.45, 7) is 8.31. The second kappa shape index (κ2) is 5.69. The normalized spacial score (nSPS) is 18.5. The van der Waals surface area contributed by atoms with Gasteiger partial charge in [-0.05, 0) is 44.2 Å². The fourth-order valence-corrected chi connectivity index (χ4v) is 3.64. The van der Waals surface area contributed by atoms with Gasteiger partial charge in [-0.2, -0.15) is 0 Å². The van der Waals surface area contributed by atoms with E-state index in [9.17, 15) is 9.90 Å². The van der Waals surface area contributed by atoms with Gasteiger partial charge in [-0.1, -0.05) is 18.7 Å². The van der Waals surface area contributed by atoms with Crippen molar-refractivity contribution in [2.75, 3.05) is 6.54 Å². The molecule has 1 fully saturated rings. The van der Waals surface area contributed by atoms with Gasteiger partial charge < -0.3 is 15.0 Å². The van der Waals surface area contributed by atoms with Crippen molar-refractivity contribution in [2.24, 2.45) is 0 Å². The Balaban J connectivity index is 1.68. The van der Waals surface area contributed by atoms with Gasteiger partial charge in [-0.25, -0.2) is 0 Å². The Morgan fingerprint density at radius 3 is 2.81 bits per heavy atom. The van der Waals surface area contributed by atoms with Gasteiger partial charge in [0.25, 0.3) is 0 Å². The maximum absolute atomic E-state index is 11.9. The van der Waals surface area contributed by atoms with E-state index in [0.29, 0.717) is 23.4 Å². The first-order chi connectivity index (χ1) is 12.4. The van der Waals surface area contributed by atoms with Crippen LogP contribution in [0.15, 0.2) is 49.1 Å². The highest BCUT2D eigenvalue weighted by molar-refractivity contribution is 5.89. The summed E-state index contributed by atoms with van der Waals surface area (Å²) in [5.41, 5.74) is 2.71. The molecule has 0 aliphatic carbocycles. The number of hydrogen-bond acceptors (Lipinski definition) is 4. The molecule has 3 aromatic rings. The van der Waals surface area contributed by atoms with Crippen LogP contribution in [0.2, 0.25) is 0 Å². The molecule has 0 bridgehead atoms. The Kier molecular flexibility index (Phi) is 3.57. The van der Waals surface area contributed by atoms with Gasteiger partial charge in [0.1, 0.15) is 5.75 Å². The second-order valence-electron chi connectivity index (χ2n) is 7.13. The first-order valence-electron chi connectivity index (χ1n) is 8.50. The van der Waals surface area contributed by atoms with Gasteiger partial charge in [-0.3, -0.25) is 4.79 Å². The van der Waals surface area contributed by atoms with E-state index in [2.05, 4.69) is 27.8 Å². The molecule has 1 aromatic carbocycles. The first kappa shape index (κ1) is 16.3. The topological polar surface area (TPSA) is 82.1 Å². The average molecular weight is 348 g/mol. The molecule has 1 aliphatic heterocycles. The molecule has 0 saturated carbocycles. The van der Waals surface area contributed by atoms with E-state index in [4.69, 9.17) is 0 Å². The van der Waals surface area contributed by atoms with Gasteiger partial charge in [0.2, 0.25) is 5.91 Å². The third-order valence-corrected chi connectivity index (χ3v) is 5.31. The van der Waals surface area contributed by atoms with Crippen LogP contribution in [0.3, 0.4) is 0 Å². The highest BCUT2D eigenvalue weighted by atomic mass is 16.3. The molecular formula is C20H20N4O2. The monoisotopic (exact) mass is 348 g/mol. The molecule has 1 saturated heterocycles. The number of fused-ring (bicyclic) bond motifs is 1. The van der Waals surface area contributed by atoms with Crippen LogP contribution >= 0.6 is 0 Å². The van der Waals surface area contributed by atoms with Crippen LogP contribution in [-0.2, 0) is 4.79 Å². The van der Waals surface area contributed by atoms with Crippen LogP contribution in [0.5, 0.6) is 5.75 Å². The molecule has 2 aromatic heterocycles. The quantitative estimate of drug-likeness (QED) is 0.712. The number of nitrogens with zero attached hydrogens (tertiary/aromatic N) is 3. The summed E-state index contributed by atoms with van der Waals surface area (Å²) in [5.74, 6) is 0.314. The number of carbonyl (C=O) groups is 1. The number of hydrogen-bond donors (Lipinski definition) is 2. The lowest BCUT2D eigenvalue weighted by atomic mass is 9.74. The zero-order chi connectivity index (χ0) is 18.5. The summed E-state index contributed by atoms with van der Waals surface area (Å²) < 4.78 is 0. The number of phenols is 1. The van der Waals surface area contributed by atoms with Crippen molar-refractivity contribution in [3.8, 4) is 17.0 Å². The molecule has 26 heavy (non-hydrogen) atoms. The van der Waals surface area contributed by atoms with Gasteiger partial charge in [-0.15, -0.1) is 10.2 Å². The number of carbonyl (C=O) groups excluding carboxylic acids is 1. The molecule has 0 spiro atoms. The fourth-order valence-electron chi connectivity index (χ4n) is 3.64. The van der Waals surface area contributed by atoms with E-state index in [1.165, 1.54) is 6.08 Å². The minimum Gasteiger partial charge on any atom is -0.507 e. The summed E-state index contributed by atoms with van der Waals surface area (Å²) in [7, 11) is 0. The number of rotatable bonds is 3. The molecule has 4 rings (SSSR count). The molecule has 1 amide bonds. The van der Waals surface area contributed by atoms with E-state index in [1.54, 1.807) is 12.1 Å². The number of likely N-dealkylation sites (tertiary alicyclic amines) is 1. The smallest absolute Gasteiger partial charge is 0.246 e. The van der Waals surface area contributed by atoms with Crippen molar-refractivity contribution in [1.29, 1.82) is 0 Å². The van der Waals surface area contributed by atoms with Crippen molar-refractivity contribution in [3.63, 3.8) is 0 Å². The van der Waals surface area contributed by atoms with Crippen LogP contribution < -0.4 is 0 Å². The van der Waals surface area contributed by atoms with Crippen LogP contribution in [0.1, 0.15) is 25.5 Å². The van der Waals surface area contributed by atoms with E-state index in [1.807, 2.05) is 36.9 Å². The Morgan fingerprint density at radius 2 is 2.12 bits per heavy atom. The molecule has 6 heteroatoms. The number of amides is 1. The zero-order valence-electron chi connectivity index (χ0n) is 14.7. The van der Waals surface area contributed by atoms with Crippen LogP contribution in [0, 0.1) is 0 Å². The molecule has 6 nitrogen and oxygen atoms in total. The minimum absolute atomic E-state index is 0.0519. The van der Waals surface area contributed by atoms with Crippen molar-refractivity contribution >= 4 is 16.9 Å².